The zero-order valence-corrected chi connectivity index (χ0v) is 15.4. The maximum atomic E-state index is 12.4. The van der Waals surface area contributed by atoms with Gasteiger partial charge in [0.2, 0.25) is 0 Å². The van der Waals surface area contributed by atoms with Gasteiger partial charge in [-0.05, 0) is 68.6 Å². The molecule has 4 unspecified atom stereocenters. The van der Waals surface area contributed by atoms with Crippen LogP contribution in [0.3, 0.4) is 0 Å². The van der Waals surface area contributed by atoms with E-state index < -0.39 is 5.91 Å². The van der Waals surface area contributed by atoms with Gasteiger partial charge in [0.15, 0.2) is 0 Å². The number of nitriles is 1. The van der Waals surface area contributed by atoms with Gasteiger partial charge in [-0.3, -0.25) is 4.79 Å². The van der Waals surface area contributed by atoms with Crippen molar-refractivity contribution in [3.8, 4) is 6.07 Å². The van der Waals surface area contributed by atoms with Crippen molar-refractivity contribution in [1.82, 2.24) is 5.32 Å². The minimum absolute atomic E-state index is 0.0781. The highest BCUT2D eigenvalue weighted by Crippen LogP contribution is 2.49. The summed E-state index contributed by atoms with van der Waals surface area (Å²) in [6, 6.07) is 7.56. The standard InChI is InChI=1S/C20H24ClN3O/c1-12-3-6-17(21)9-19(12)24-20(25)16(10-22)11-23-13(2)18-8-14-4-5-15(18)7-14/h3,6,9,11,13-15,18,23H,4-5,7-8H2,1-2H3,(H,24,25)/b16-11-. The molecule has 4 atom stereocenters. The number of nitrogens with one attached hydrogen (secondary N) is 2. The third-order valence-electron chi connectivity index (χ3n) is 5.74. The Hall–Kier alpha value is -1.99. The van der Waals surface area contributed by atoms with Gasteiger partial charge in [0.1, 0.15) is 11.6 Å². The van der Waals surface area contributed by atoms with Gasteiger partial charge in [0.25, 0.3) is 5.91 Å². The van der Waals surface area contributed by atoms with Crippen LogP contribution >= 0.6 is 11.6 Å². The van der Waals surface area contributed by atoms with E-state index >= 15 is 0 Å². The first-order chi connectivity index (χ1) is 12.0. The van der Waals surface area contributed by atoms with Crippen LogP contribution in [0.25, 0.3) is 0 Å². The topological polar surface area (TPSA) is 64.9 Å². The molecular formula is C20H24ClN3O. The van der Waals surface area contributed by atoms with Crippen LogP contribution in [-0.2, 0) is 4.79 Å². The summed E-state index contributed by atoms with van der Waals surface area (Å²) < 4.78 is 0. The van der Waals surface area contributed by atoms with Crippen molar-refractivity contribution in [3.63, 3.8) is 0 Å². The SMILES string of the molecule is Cc1ccc(Cl)cc1NC(=O)/C(C#N)=C\NC(C)C1CC2CCC1C2. The first-order valence-electron chi connectivity index (χ1n) is 8.91. The number of hydrogen-bond donors (Lipinski definition) is 2. The molecule has 0 spiro atoms. The number of carbonyl (C=O) groups excluding carboxylic acids is 1. The van der Waals surface area contributed by atoms with Crippen molar-refractivity contribution in [2.45, 2.75) is 45.6 Å². The van der Waals surface area contributed by atoms with Crippen molar-refractivity contribution in [2.75, 3.05) is 5.32 Å². The second-order valence-electron chi connectivity index (χ2n) is 7.38. The molecule has 0 aliphatic heterocycles. The molecule has 0 radical (unpaired) electrons. The normalized spacial score (nSPS) is 26.2. The van der Waals surface area contributed by atoms with E-state index in [-0.39, 0.29) is 11.6 Å². The zero-order valence-electron chi connectivity index (χ0n) is 14.7. The Morgan fingerprint density at radius 2 is 2.20 bits per heavy atom. The van der Waals surface area contributed by atoms with Gasteiger partial charge in [-0.2, -0.15) is 5.26 Å². The van der Waals surface area contributed by atoms with Gasteiger partial charge >= 0.3 is 0 Å². The molecule has 2 saturated carbocycles. The van der Waals surface area contributed by atoms with Crippen LogP contribution < -0.4 is 10.6 Å². The fourth-order valence-electron chi connectivity index (χ4n) is 4.31. The summed E-state index contributed by atoms with van der Waals surface area (Å²) in [6.07, 6.45) is 6.87. The Balaban J connectivity index is 1.63. The lowest BCUT2D eigenvalue weighted by atomic mass is 9.84. The van der Waals surface area contributed by atoms with Crippen LogP contribution in [0.1, 0.15) is 38.2 Å². The van der Waals surface area contributed by atoms with Gasteiger partial charge < -0.3 is 10.6 Å². The minimum Gasteiger partial charge on any atom is -0.387 e. The van der Waals surface area contributed by atoms with Gasteiger partial charge in [-0.1, -0.05) is 24.1 Å². The van der Waals surface area contributed by atoms with E-state index in [1.807, 2.05) is 19.1 Å². The molecule has 4 nitrogen and oxygen atoms in total. The molecule has 132 valence electrons. The fourth-order valence-corrected chi connectivity index (χ4v) is 4.48. The molecule has 25 heavy (non-hydrogen) atoms. The zero-order chi connectivity index (χ0) is 18.0. The molecular weight excluding hydrogens is 334 g/mol. The maximum absolute atomic E-state index is 12.4. The summed E-state index contributed by atoms with van der Waals surface area (Å²) in [5.41, 5.74) is 1.60. The summed E-state index contributed by atoms with van der Waals surface area (Å²) in [4.78, 5) is 12.4. The van der Waals surface area contributed by atoms with Crippen LogP contribution in [0, 0.1) is 36.0 Å². The smallest absolute Gasteiger partial charge is 0.267 e. The number of benzene rings is 1. The van der Waals surface area contributed by atoms with E-state index in [9.17, 15) is 10.1 Å². The summed E-state index contributed by atoms with van der Waals surface area (Å²) >= 11 is 5.98. The molecule has 1 amide bonds. The molecule has 3 rings (SSSR count). The number of fused-ring (bicyclic) bond motifs is 2. The first kappa shape index (κ1) is 17.8. The highest BCUT2D eigenvalue weighted by atomic mass is 35.5. The van der Waals surface area contributed by atoms with Crippen LogP contribution in [0.4, 0.5) is 5.69 Å². The van der Waals surface area contributed by atoms with Gasteiger partial charge in [0.05, 0.1) is 0 Å². The maximum Gasteiger partial charge on any atom is 0.267 e. The van der Waals surface area contributed by atoms with E-state index in [1.165, 1.54) is 25.7 Å². The van der Waals surface area contributed by atoms with E-state index in [2.05, 4.69) is 17.6 Å². The van der Waals surface area contributed by atoms with E-state index in [1.54, 1.807) is 18.3 Å². The Morgan fingerprint density at radius 3 is 2.84 bits per heavy atom. The van der Waals surface area contributed by atoms with Gasteiger partial charge in [0, 0.05) is 23.0 Å². The number of anilines is 1. The molecule has 1 aromatic rings. The van der Waals surface area contributed by atoms with E-state index in [0.29, 0.717) is 16.6 Å². The van der Waals surface area contributed by atoms with Gasteiger partial charge in [-0.25, -0.2) is 0 Å². The number of halogens is 1. The average Bonchev–Trinajstić information content (AvgIpc) is 3.21. The lowest BCUT2D eigenvalue weighted by Gasteiger charge is -2.28. The van der Waals surface area contributed by atoms with Crippen molar-refractivity contribution < 1.29 is 4.79 Å². The largest absolute Gasteiger partial charge is 0.387 e. The number of carbonyl (C=O) groups is 1. The number of aryl methyl sites for hydroxylation is 1. The molecule has 2 aliphatic rings. The minimum atomic E-state index is -0.416. The first-order valence-corrected chi connectivity index (χ1v) is 9.29. The molecule has 0 aromatic heterocycles. The van der Waals surface area contributed by atoms with E-state index in [4.69, 9.17) is 11.6 Å². The van der Waals surface area contributed by atoms with Crippen molar-refractivity contribution in [2.24, 2.45) is 17.8 Å². The molecule has 2 fully saturated rings. The Labute approximate surface area is 154 Å². The summed E-state index contributed by atoms with van der Waals surface area (Å²) in [6.45, 7) is 4.03. The molecule has 1 aromatic carbocycles. The van der Waals surface area contributed by atoms with Crippen LogP contribution in [0.2, 0.25) is 5.02 Å². The molecule has 2 aliphatic carbocycles. The summed E-state index contributed by atoms with van der Waals surface area (Å²) in [7, 11) is 0. The van der Waals surface area contributed by atoms with Crippen LogP contribution in [-0.4, -0.2) is 11.9 Å². The fraction of sp³-hybridized carbons (Fsp3) is 0.500. The van der Waals surface area contributed by atoms with Crippen molar-refractivity contribution in [1.29, 1.82) is 5.26 Å². The highest BCUT2D eigenvalue weighted by molar-refractivity contribution is 6.31. The third-order valence-corrected chi connectivity index (χ3v) is 5.97. The molecule has 2 bridgehead atoms. The lowest BCUT2D eigenvalue weighted by molar-refractivity contribution is -0.112. The third kappa shape index (κ3) is 3.99. The molecule has 0 saturated heterocycles. The van der Waals surface area contributed by atoms with Gasteiger partial charge in [-0.15, -0.1) is 0 Å². The Kier molecular flexibility index (Phi) is 5.34. The number of rotatable bonds is 5. The highest BCUT2D eigenvalue weighted by Gasteiger charge is 2.41. The van der Waals surface area contributed by atoms with Crippen LogP contribution in [0.15, 0.2) is 30.0 Å². The number of hydrogen-bond acceptors (Lipinski definition) is 3. The summed E-state index contributed by atoms with van der Waals surface area (Å²) in [5, 5.41) is 15.9. The Morgan fingerprint density at radius 1 is 1.40 bits per heavy atom. The predicted octanol–water partition coefficient (Wildman–Crippen LogP) is 4.41. The van der Waals surface area contributed by atoms with E-state index in [0.717, 1.165) is 17.4 Å². The average molecular weight is 358 g/mol. The molecule has 0 heterocycles. The molecule has 2 N–H and O–H groups in total. The summed E-state index contributed by atoms with van der Waals surface area (Å²) in [5.74, 6) is 1.91. The second-order valence-corrected chi connectivity index (χ2v) is 7.81. The lowest BCUT2D eigenvalue weighted by Crippen LogP contribution is -2.34. The second kappa shape index (κ2) is 7.49. The predicted molar refractivity (Wildman–Crippen MR) is 100 cm³/mol. The number of nitrogens with zero attached hydrogens (tertiary/aromatic N) is 1. The monoisotopic (exact) mass is 357 g/mol. The van der Waals surface area contributed by atoms with Crippen molar-refractivity contribution >= 4 is 23.2 Å². The molecule has 5 heteroatoms. The number of amides is 1. The van der Waals surface area contributed by atoms with Crippen molar-refractivity contribution in [3.05, 3.63) is 40.6 Å². The van der Waals surface area contributed by atoms with Crippen LogP contribution in [0.5, 0.6) is 0 Å². The quantitative estimate of drug-likeness (QED) is 0.606. The Bertz CT molecular complexity index is 737.